The van der Waals surface area contributed by atoms with Crippen molar-refractivity contribution in [2.45, 2.75) is 31.5 Å². The fourth-order valence-electron chi connectivity index (χ4n) is 2.58. The van der Waals surface area contributed by atoms with Crippen LogP contribution in [-0.4, -0.2) is 55.1 Å². The van der Waals surface area contributed by atoms with E-state index in [1.807, 2.05) is 35.2 Å². The summed E-state index contributed by atoms with van der Waals surface area (Å²) in [7, 11) is 0. The molecule has 2 aliphatic rings. The Labute approximate surface area is 136 Å². The third kappa shape index (κ3) is 5.04. The molecule has 1 aliphatic carbocycles. The van der Waals surface area contributed by atoms with E-state index in [1.165, 1.54) is 0 Å². The topological polar surface area (TPSA) is 70.7 Å². The zero-order valence-corrected chi connectivity index (χ0v) is 13.2. The maximum Gasteiger partial charge on any atom is 0.250 e. The van der Waals surface area contributed by atoms with Gasteiger partial charge in [0.25, 0.3) is 5.91 Å². The van der Waals surface area contributed by atoms with Gasteiger partial charge in [0, 0.05) is 25.7 Å². The molecule has 2 N–H and O–H groups in total. The zero-order chi connectivity index (χ0) is 16.1. The lowest BCUT2D eigenvalue weighted by Crippen LogP contribution is -2.52. The van der Waals surface area contributed by atoms with Crippen LogP contribution < -0.4 is 10.6 Å². The molecule has 0 bridgehead atoms. The third-order valence-electron chi connectivity index (χ3n) is 4.07. The van der Waals surface area contributed by atoms with Gasteiger partial charge in [0.15, 0.2) is 0 Å². The summed E-state index contributed by atoms with van der Waals surface area (Å²) >= 11 is 0. The lowest BCUT2D eigenvalue weighted by atomic mass is 10.2. The van der Waals surface area contributed by atoms with Crippen LogP contribution in [0, 0.1) is 0 Å². The molecule has 1 saturated heterocycles. The summed E-state index contributed by atoms with van der Waals surface area (Å²) in [4.78, 5) is 26.1. The third-order valence-corrected chi connectivity index (χ3v) is 4.07. The minimum Gasteiger partial charge on any atom is -0.366 e. The van der Waals surface area contributed by atoms with Crippen LogP contribution >= 0.6 is 0 Å². The van der Waals surface area contributed by atoms with Crippen LogP contribution in [0.5, 0.6) is 0 Å². The van der Waals surface area contributed by atoms with E-state index in [-0.39, 0.29) is 11.8 Å². The van der Waals surface area contributed by atoms with Crippen molar-refractivity contribution in [1.82, 2.24) is 15.5 Å². The normalized spacial score (nSPS) is 21.7. The van der Waals surface area contributed by atoms with E-state index in [1.54, 1.807) is 0 Å². The van der Waals surface area contributed by atoms with Crippen molar-refractivity contribution in [3.63, 3.8) is 0 Å². The minimum absolute atomic E-state index is 0.0305. The molecular formula is C17H23N3O3. The van der Waals surface area contributed by atoms with E-state index in [0.717, 1.165) is 18.4 Å². The van der Waals surface area contributed by atoms with E-state index in [4.69, 9.17) is 4.74 Å². The summed E-state index contributed by atoms with van der Waals surface area (Å²) < 4.78 is 5.52. The van der Waals surface area contributed by atoms with Crippen LogP contribution in [0.4, 0.5) is 0 Å². The van der Waals surface area contributed by atoms with Gasteiger partial charge in [-0.1, -0.05) is 30.3 Å². The number of carbonyl (C=O) groups excluding carboxylic acids is 2. The first-order chi connectivity index (χ1) is 11.2. The average Bonchev–Trinajstić information content (AvgIpc) is 3.38. The largest absolute Gasteiger partial charge is 0.366 e. The Hall–Kier alpha value is -1.92. The van der Waals surface area contributed by atoms with Crippen molar-refractivity contribution in [2.24, 2.45) is 0 Å². The molecule has 1 aromatic rings. The van der Waals surface area contributed by atoms with Gasteiger partial charge in [-0.3, -0.25) is 14.5 Å². The Morgan fingerprint density at radius 3 is 2.74 bits per heavy atom. The lowest BCUT2D eigenvalue weighted by molar-refractivity contribution is -0.140. The molecule has 1 atom stereocenters. The van der Waals surface area contributed by atoms with Crippen molar-refractivity contribution in [3.05, 3.63) is 35.9 Å². The van der Waals surface area contributed by atoms with Gasteiger partial charge in [-0.05, 0) is 18.4 Å². The highest BCUT2D eigenvalue weighted by Gasteiger charge is 2.31. The van der Waals surface area contributed by atoms with Crippen LogP contribution in [0.2, 0.25) is 0 Å². The maximum absolute atomic E-state index is 12.1. The van der Waals surface area contributed by atoms with Gasteiger partial charge in [0.05, 0.1) is 13.2 Å². The zero-order valence-electron chi connectivity index (χ0n) is 13.2. The molecule has 6 heteroatoms. The Morgan fingerprint density at radius 2 is 2.00 bits per heavy atom. The Kier molecular flexibility index (Phi) is 5.25. The van der Waals surface area contributed by atoms with Crippen LogP contribution in [-0.2, 0) is 20.9 Å². The number of amides is 2. The van der Waals surface area contributed by atoms with Crippen LogP contribution in [0.3, 0.4) is 0 Å². The molecule has 1 aliphatic heterocycles. The second-order valence-corrected chi connectivity index (χ2v) is 6.14. The lowest BCUT2D eigenvalue weighted by Gasteiger charge is -2.31. The molecule has 1 saturated carbocycles. The van der Waals surface area contributed by atoms with Gasteiger partial charge in [-0.25, -0.2) is 0 Å². The van der Waals surface area contributed by atoms with Crippen molar-refractivity contribution in [3.8, 4) is 0 Å². The van der Waals surface area contributed by atoms with Crippen molar-refractivity contribution in [2.75, 3.05) is 26.2 Å². The molecular weight excluding hydrogens is 294 g/mol. The van der Waals surface area contributed by atoms with E-state index < -0.39 is 6.10 Å². The van der Waals surface area contributed by atoms with E-state index in [2.05, 4.69) is 10.6 Å². The summed E-state index contributed by atoms with van der Waals surface area (Å²) in [6.07, 6.45) is 1.65. The smallest absolute Gasteiger partial charge is 0.250 e. The summed E-state index contributed by atoms with van der Waals surface area (Å²) in [5.74, 6) is -0.0843. The van der Waals surface area contributed by atoms with Crippen molar-refractivity contribution < 1.29 is 14.3 Å². The summed E-state index contributed by atoms with van der Waals surface area (Å²) in [6.45, 7) is 2.44. The average molecular weight is 317 g/mol. The molecule has 2 fully saturated rings. The van der Waals surface area contributed by atoms with E-state index >= 15 is 0 Å². The first-order valence-corrected chi connectivity index (χ1v) is 8.15. The molecule has 1 unspecified atom stereocenters. The van der Waals surface area contributed by atoms with Gasteiger partial charge in [-0.2, -0.15) is 0 Å². The predicted molar refractivity (Wildman–Crippen MR) is 85.6 cm³/mol. The number of nitrogens with one attached hydrogen (secondary N) is 2. The highest BCUT2D eigenvalue weighted by molar-refractivity contribution is 5.82. The first-order valence-electron chi connectivity index (χ1n) is 8.15. The minimum atomic E-state index is -0.466. The van der Waals surface area contributed by atoms with Crippen LogP contribution in [0.25, 0.3) is 0 Å². The van der Waals surface area contributed by atoms with Gasteiger partial charge in [0.1, 0.15) is 6.10 Å². The van der Waals surface area contributed by atoms with Crippen LogP contribution in [0.15, 0.2) is 30.3 Å². The quantitative estimate of drug-likeness (QED) is 0.791. The highest BCUT2D eigenvalue weighted by Crippen LogP contribution is 2.19. The standard InChI is InChI=1S/C17H23N3O3/c21-16(18-10-13-4-2-1-3-5-13)12-20-8-9-23-15(11-20)17(22)19-14-6-7-14/h1-5,14-15H,6-12H2,(H,18,21)(H,19,22). The van der Waals surface area contributed by atoms with Crippen LogP contribution in [0.1, 0.15) is 18.4 Å². The number of rotatable bonds is 6. The molecule has 124 valence electrons. The van der Waals surface area contributed by atoms with E-state index in [9.17, 15) is 9.59 Å². The molecule has 1 aromatic carbocycles. The predicted octanol–water partition coefficient (Wildman–Crippen LogP) is 0.282. The van der Waals surface area contributed by atoms with Crippen molar-refractivity contribution >= 4 is 11.8 Å². The fourth-order valence-corrected chi connectivity index (χ4v) is 2.58. The maximum atomic E-state index is 12.1. The van der Waals surface area contributed by atoms with Gasteiger partial charge >= 0.3 is 0 Å². The highest BCUT2D eigenvalue weighted by atomic mass is 16.5. The second-order valence-electron chi connectivity index (χ2n) is 6.14. The SMILES string of the molecule is O=C(CN1CCOC(C(=O)NC2CC2)C1)NCc1ccccc1. The summed E-state index contributed by atoms with van der Waals surface area (Å²) in [5.41, 5.74) is 1.07. The molecule has 0 spiro atoms. The Balaban J connectivity index is 1.41. The molecule has 0 radical (unpaired) electrons. The number of morpholine rings is 1. The molecule has 0 aromatic heterocycles. The molecule has 23 heavy (non-hydrogen) atoms. The fraction of sp³-hybridized carbons (Fsp3) is 0.529. The Bertz CT molecular complexity index is 545. The van der Waals surface area contributed by atoms with Gasteiger partial charge < -0.3 is 15.4 Å². The number of benzene rings is 1. The number of nitrogens with zero attached hydrogens (tertiary/aromatic N) is 1. The second kappa shape index (κ2) is 7.57. The summed E-state index contributed by atoms with van der Waals surface area (Å²) in [6, 6.07) is 10.1. The van der Waals surface area contributed by atoms with Gasteiger partial charge in [-0.15, -0.1) is 0 Å². The first kappa shape index (κ1) is 16.0. The number of carbonyl (C=O) groups is 2. The van der Waals surface area contributed by atoms with Crippen molar-refractivity contribution in [1.29, 1.82) is 0 Å². The van der Waals surface area contributed by atoms with Gasteiger partial charge in [0.2, 0.25) is 5.91 Å². The van der Waals surface area contributed by atoms with E-state index in [0.29, 0.717) is 38.8 Å². The number of ether oxygens (including phenoxy) is 1. The molecule has 6 nitrogen and oxygen atoms in total. The molecule has 2 amide bonds. The molecule has 3 rings (SSSR count). The Morgan fingerprint density at radius 1 is 1.22 bits per heavy atom. The number of hydrogen-bond acceptors (Lipinski definition) is 4. The monoisotopic (exact) mass is 317 g/mol. The molecule has 1 heterocycles. The number of hydrogen-bond donors (Lipinski definition) is 2. The summed E-state index contributed by atoms with van der Waals surface area (Å²) in [5, 5.41) is 5.86.